The van der Waals surface area contributed by atoms with Crippen molar-refractivity contribution < 1.29 is 32.6 Å². The number of halogens is 1. The minimum atomic E-state index is -4.27. The van der Waals surface area contributed by atoms with Gasteiger partial charge in [0.25, 0.3) is 5.91 Å². The number of fused-ring (bicyclic) bond motifs is 6. The van der Waals surface area contributed by atoms with Crippen LogP contribution in [0.2, 0.25) is 5.02 Å². The normalized spacial score (nSPS) is 28.3. The van der Waals surface area contributed by atoms with Gasteiger partial charge in [0.1, 0.15) is 12.4 Å². The number of nitrogens with zero attached hydrogens (tertiary/aromatic N) is 3. The molecule has 2 aromatic carbocycles. The highest BCUT2D eigenvalue weighted by atomic mass is 35.5. The molecular weight excluding hydrogens is 668 g/mol. The third kappa shape index (κ3) is 7.88. The molecule has 49 heavy (non-hydrogen) atoms. The highest BCUT2D eigenvalue weighted by molar-refractivity contribution is 7.87. The predicted molar refractivity (Wildman–Crippen MR) is 188 cm³/mol. The maximum absolute atomic E-state index is 13.9. The van der Waals surface area contributed by atoms with Crippen LogP contribution in [0.4, 0.5) is 5.69 Å². The molecule has 268 valence electrons. The summed E-state index contributed by atoms with van der Waals surface area (Å²) in [5, 5.41) is 12.9. The average Bonchev–Trinajstić information content (AvgIpc) is 3.08. The number of amides is 2. The zero-order valence-corrected chi connectivity index (χ0v) is 30.3. The SMILES string of the molecule is CN1CC[C@@H]2CCO[C@@H](C2)[C@@H]2CC[C@H]2CN2CCCCc3cc(Cl)ccc3COc3ccc(cc32)[C@](O)(C(=O)NS(=O)(=O)N(C)C)CC1=O. The van der Waals surface area contributed by atoms with E-state index in [1.807, 2.05) is 22.9 Å². The van der Waals surface area contributed by atoms with Gasteiger partial charge in [0.05, 0.1) is 18.2 Å². The van der Waals surface area contributed by atoms with E-state index in [1.54, 1.807) is 25.2 Å². The highest BCUT2D eigenvalue weighted by Crippen LogP contribution is 2.45. The van der Waals surface area contributed by atoms with Gasteiger partial charge in [-0.2, -0.15) is 12.7 Å². The Morgan fingerprint density at radius 1 is 1.06 bits per heavy atom. The molecule has 5 atom stereocenters. The fourth-order valence-corrected chi connectivity index (χ4v) is 8.49. The van der Waals surface area contributed by atoms with Crippen LogP contribution in [-0.2, 0) is 43.2 Å². The molecule has 2 N–H and O–H groups in total. The highest BCUT2D eigenvalue weighted by Gasteiger charge is 2.45. The average molecular weight is 717 g/mol. The molecule has 1 saturated heterocycles. The van der Waals surface area contributed by atoms with Gasteiger partial charge in [0.15, 0.2) is 5.60 Å². The first-order valence-electron chi connectivity index (χ1n) is 17.5. The van der Waals surface area contributed by atoms with Gasteiger partial charge in [-0.1, -0.05) is 23.7 Å². The third-order valence-corrected chi connectivity index (χ3v) is 12.7. The van der Waals surface area contributed by atoms with E-state index < -0.39 is 34.0 Å². The van der Waals surface area contributed by atoms with Crippen LogP contribution < -0.4 is 14.4 Å². The topological polar surface area (TPSA) is 129 Å². The summed E-state index contributed by atoms with van der Waals surface area (Å²) in [7, 11) is -0.0373. The van der Waals surface area contributed by atoms with Gasteiger partial charge in [-0.3, -0.25) is 9.59 Å². The van der Waals surface area contributed by atoms with E-state index in [4.69, 9.17) is 21.1 Å². The molecule has 3 aliphatic heterocycles. The first kappa shape index (κ1) is 35.9. The molecule has 2 aromatic rings. The second-order valence-corrected chi connectivity index (χ2v) is 16.8. The van der Waals surface area contributed by atoms with Gasteiger partial charge in [-0.25, -0.2) is 4.72 Å². The van der Waals surface area contributed by atoms with Crippen LogP contribution in [0.1, 0.15) is 68.1 Å². The predicted octanol–water partition coefficient (Wildman–Crippen LogP) is 4.25. The standard InChI is InChI=1S/C36H49ClN4O7S/c1-39(2)49(45,46)38-35(43)36(44)21-34(42)40(3)16-13-24-14-17-47-33(18-24)30-11-8-26(30)22-41-15-5-4-6-25-19-29(37)10-7-27(25)23-48-32-12-9-28(36)20-31(32)41/h7,9-10,12,19-20,24,26,30,33,44H,4-6,8,11,13-18,21-23H2,1-3H3,(H,38,43)/t24-,26+,30-,33+,36+/m1/s1. The summed E-state index contributed by atoms with van der Waals surface area (Å²) in [6.45, 7) is 2.90. The van der Waals surface area contributed by atoms with Crippen molar-refractivity contribution in [2.24, 2.45) is 17.8 Å². The lowest BCUT2D eigenvalue weighted by Gasteiger charge is -2.47. The largest absolute Gasteiger partial charge is 0.487 e. The third-order valence-electron chi connectivity index (χ3n) is 11.1. The summed E-state index contributed by atoms with van der Waals surface area (Å²) in [5.41, 5.74) is 0.502. The Labute approximate surface area is 295 Å². The molecule has 0 spiro atoms. The maximum Gasteiger partial charge on any atom is 0.303 e. The van der Waals surface area contributed by atoms with Gasteiger partial charge in [0.2, 0.25) is 5.91 Å². The van der Waals surface area contributed by atoms with E-state index >= 15 is 0 Å². The van der Waals surface area contributed by atoms with Crippen LogP contribution in [-0.4, -0.2) is 88.0 Å². The first-order valence-corrected chi connectivity index (χ1v) is 19.3. The lowest BCUT2D eigenvalue weighted by molar-refractivity contribution is -0.148. The second-order valence-electron chi connectivity index (χ2n) is 14.4. The number of aryl methyl sites for hydroxylation is 1. The van der Waals surface area contributed by atoms with Gasteiger partial charge < -0.3 is 24.4 Å². The number of benzene rings is 2. The molecule has 1 aliphatic carbocycles. The Morgan fingerprint density at radius 3 is 2.63 bits per heavy atom. The molecule has 1 saturated carbocycles. The summed E-state index contributed by atoms with van der Waals surface area (Å²) in [5.74, 6) is 0.137. The molecule has 4 aliphatic rings. The fourth-order valence-electron chi connectivity index (χ4n) is 7.71. The number of rotatable bonds is 3. The monoisotopic (exact) mass is 716 g/mol. The summed E-state index contributed by atoms with van der Waals surface area (Å²) in [6.07, 6.45) is 7.06. The second kappa shape index (κ2) is 14.8. The van der Waals surface area contributed by atoms with Crippen LogP contribution in [0, 0.1) is 17.8 Å². The van der Waals surface area contributed by atoms with Crippen molar-refractivity contribution in [1.29, 1.82) is 0 Å². The van der Waals surface area contributed by atoms with Crippen LogP contribution in [0.5, 0.6) is 5.75 Å². The summed E-state index contributed by atoms with van der Waals surface area (Å²) < 4.78 is 41.4. The summed E-state index contributed by atoms with van der Waals surface area (Å²) in [4.78, 5) is 31.4. The molecule has 2 fully saturated rings. The van der Waals surface area contributed by atoms with E-state index in [2.05, 4.69) is 4.90 Å². The van der Waals surface area contributed by atoms with Crippen molar-refractivity contribution in [3.63, 3.8) is 0 Å². The molecule has 0 unspecified atom stereocenters. The van der Waals surface area contributed by atoms with Crippen molar-refractivity contribution in [3.05, 3.63) is 58.1 Å². The van der Waals surface area contributed by atoms with Crippen LogP contribution in [0.25, 0.3) is 0 Å². The van der Waals surface area contributed by atoms with Crippen LogP contribution >= 0.6 is 11.6 Å². The van der Waals surface area contributed by atoms with Gasteiger partial charge in [-0.15, -0.1) is 0 Å². The fraction of sp³-hybridized carbons (Fsp3) is 0.611. The minimum Gasteiger partial charge on any atom is -0.487 e. The zero-order chi connectivity index (χ0) is 34.9. The quantitative estimate of drug-likeness (QED) is 0.483. The van der Waals surface area contributed by atoms with Gasteiger partial charge in [0, 0.05) is 52.4 Å². The summed E-state index contributed by atoms with van der Waals surface area (Å²) in [6, 6.07) is 10.8. The summed E-state index contributed by atoms with van der Waals surface area (Å²) >= 11 is 6.37. The minimum absolute atomic E-state index is 0.118. The number of carbonyl (C=O) groups excluding carboxylic acids is 2. The van der Waals surface area contributed by atoms with Crippen molar-refractivity contribution in [1.82, 2.24) is 13.9 Å². The molecule has 3 heterocycles. The van der Waals surface area contributed by atoms with Crippen LogP contribution in [0.15, 0.2) is 36.4 Å². The lowest BCUT2D eigenvalue weighted by atomic mass is 9.67. The molecule has 13 heteroatoms. The Morgan fingerprint density at radius 2 is 1.88 bits per heavy atom. The first-order chi connectivity index (χ1) is 23.3. The van der Waals surface area contributed by atoms with Crippen molar-refractivity contribution in [2.45, 2.75) is 76.1 Å². The molecular formula is C36H49ClN4O7S. The van der Waals surface area contributed by atoms with E-state index in [-0.39, 0.29) is 11.7 Å². The van der Waals surface area contributed by atoms with Gasteiger partial charge in [-0.05, 0) is 110 Å². The smallest absolute Gasteiger partial charge is 0.303 e. The van der Waals surface area contributed by atoms with E-state index in [0.29, 0.717) is 60.5 Å². The van der Waals surface area contributed by atoms with E-state index in [0.717, 1.165) is 73.3 Å². The number of ether oxygens (including phenoxy) is 2. The number of hydrogen-bond donors (Lipinski definition) is 2. The van der Waals surface area contributed by atoms with Gasteiger partial charge >= 0.3 is 10.2 Å². The Bertz CT molecular complexity index is 1660. The molecule has 6 rings (SSSR count). The van der Waals surface area contributed by atoms with Crippen LogP contribution in [0.3, 0.4) is 0 Å². The molecule has 0 aromatic heterocycles. The number of nitrogens with one attached hydrogen (secondary N) is 1. The molecule has 2 amide bonds. The number of anilines is 1. The Balaban J connectivity index is 1.45. The molecule has 0 radical (unpaired) electrons. The van der Waals surface area contributed by atoms with E-state index in [9.17, 15) is 23.1 Å². The maximum atomic E-state index is 13.9. The molecule has 4 bridgehead atoms. The number of carbonyl (C=O) groups is 2. The Hall–Kier alpha value is -2.90. The Kier molecular flexibility index (Phi) is 10.8. The zero-order valence-electron chi connectivity index (χ0n) is 28.7. The lowest BCUT2D eigenvalue weighted by Crippen LogP contribution is -2.52. The van der Waals surface area contributed by atoms with Crippen molar-refractivity contribution in [3.8, 4) is 5.75 Å². The number of aliphatic hydroxyl groups is 1. The van der Waals surface area contributed by atoms with Crippen molar-refractivity contribution in [2.75, 3.05) is 52.3 Å². The van der Waals surface area contributed by atoms with E-state index in [1.165, 1.54) is 19.0 Å². The van der Waals surface area contributed by atoms with Crippen molar-refractivity contribution >= 4 is 39.3 Å². The molecule has 11 nitrogen and oxygen atoms in total. The number of hydrogen-bond acceptors (Lipinski definition) is 8.